The quantitative estimate of drug-likeness (QED) is 0.290. The predicted molar refractivity (Wildman–Crippen MR) is 163 cm³/mol. The number of rotatable bonds is 5. The van der Waals surface area contributed by atoms with Crippen molar-refractivity contribution in [1.82, 2.24) is 19.9 Å². The lowest BCUT2D eigenvalue weighted by molar-refractivity contribution is 0.107. The summed E-state index contributed by atoms with van der Waals surface area (Å²) >= 11 is 0. The minimum atomic E-state index is -0.916. The molecular weight excluding hydrogens is 567 g/mol. The molecule has 0 spiro atoms. The number of aliphatic hydroxyl groups is 1. The predicted octanol–water partition coefficient (Wildman–Crippen LogP) is 5.80. The molecule has 3 fully saturated rings. The minimum absolute atomic E-state index is 0.00245. The van der Waals surface area contributed by atoms with E-state index < -0.39 is 29.4 Å². The molecule has 44 heavy (non-hydrogen) atoms. The van der Waals surface area contributed by atoms with Crippen LogP contribution < -0.4 is 9.64 Å². The molecule has 4 atom stereocenters. The lowest BCUT2D eigenvalue weighted by Gasteiger charge is -2.32. The molecule has 3 unspecified atom stereocenters. The van der Waals surface area contributed by atoms with Crippen LogP contribution >= 0.6 is 0 Å². The number of aromatic nitrogens is 3. The number of benzene rings is 2. The van der Waals surface area contributed by atoms with Crippen molar-refractivity contribution >= 4 is 27.5 Å². The molecule has 1 N–H and O–H groups in total. The normalized spacial score (nSPS) is 25.7. The zero-order chi connectivity index (χ0) is 30.6. The second kappa shape index (κ2) is 11.2. The first-order valence-electron chi connectivity index (χ1n) is 15.3. The van der Waals surface area contributed by atoms with Crippen molar-refractivity contribution in [3.05, 3.63) is 53.7 Å². The van der Waals surface area contributed by atoms with Gasteiger partial charge in [0.25, 0.3) is 0 Å². The highest BCUT2D eigenvalue weighted by Crippen LogP contribution is 2.41. The number of alkyl halides is 1. The molecule has 3 aliphatic rings. The molecule has 0 radical (unpaired) electrons. The highest BCUT2D eigenvalue weighted by Gasteiger charge is 2.49. The number of aliphatic hydroxyl groups excluding tert-OH is 1. The zero-order valence-electron chi connectivity index (χ0n) is 24.6. The van der Waals surface area contributed by atoms with E-state index >= 15 is 4.39 Å². The first-order chi connectivity index (χ1) is 21.3. The maximum Gasteiger partial charge on any atom is 0.319 e. The van der Waals surface area contributed by atoms with Gasteiger partial charge in [-0.1, -0.05) is 30.2 Å². The van der Waals surface area contributed by atoms with E-state index in [4.69, 9.17) is 16.1 Å². The molecule has 4 aromatic rings. The van der Waals surface area contributed by atoms with Crippen LogP contribution in [0.2, 0.25) is 0 Å². The van der Waals surface area contributed by atoms with E-state index in [0.29, 0.717) is 59.9 Å². The Hall–Kier alpha value is -3.94. The van der Waals surface area contributed by atoms with E-state index in [2.05, 4.69) is 20.8 Å². The van der Waals surface area contributed by atoms with E-state index in [9.17, 15) is 13.9 Å². The molecule has 0 saturated carbocycles. The van der Waals surface area contributed by atoms with Crippen molar-refractivity contribution in [2.24, 2.45) is 0 Å². The van der Waals surface area contributed by atoms with Gasteiger partial charge < -0.3 is 14.7 Å². The second-order valence-electron chi connectivity index (χ2n) is 12.4. The van der Waals surface area contributed by atoms with Crippen LogP contribution in [-0.2, 0) is 0 Å². The van der Waals surface area contributed by atoms with E-state index in [1.54, 1.807) is 24.3 Å². The largest absolute Gasteiger partial charge is 0.461 e. The van der Waals surface area contributed by atoms with E-state index in [0.717, 1.165) is 25.8 Å². The van der Waals surface area contributed by atoms with Gasteiger partial charge in [-0.25, -0.2) is 13.2 Å². The summed E-state index contributed by atoms with van der Waals surface area (Å²) in [4.78, 5) is 18.1. The second-order valence-corrected chi connectivity index (χ2v) is 12.4. The van der Waals surface area contributed by atoms with Crippen molar-refractivity contribution in [2.45, 2.75) is 69.3 Å². The summed E-state index contributed by atoms with van der Waals surface area (Å²) in [6, 6.07) is 8.01. The van der Waals surface area contributed by atoms with Gasteiger partial charge in [0.15, 0.2) is 5.82 Å². The van der Waals surface area contributed by atoms with Gasteiger partial charge in [0, 0.05) is 42.7 Å². The summed E-state index contributed by atoms with van der Waals surface area (Å²) in [5, 5.41) is 11.9. The Morgan fingerprint density at radius 1 is 1.16 bits per heavy atom. The summed E-state index contributed by atoms with van der Waals surface area (Å²) in [5.74, 6) is 1.60. The third-order valence-electron chi connectivity index (χ3n) is 9.62. The molecular formula is C34H34F3N5O2. The molecule has 2 aromatic heterocycles. The standard InChI is InChI=1S/C34H34F3N5O2/c1-3-24-27(36)11-10-21-7-4-9-25(28(21)24)30-29(37)31-26(17-38-30)32(42-14-5-8-23(43)15-20(42)2)40-33(39-31)44-19-34-12-6-13-41(34)18-22(35)16-34/h1,4,7,9-11,17,20,22-23,43H,5-6,8,12-16,18-19H2,2H3/t20?,22?,23?,34-/m0/s1. The lowest BCUT2D eigenvalue weighted by atomic mass is 9.95. The van der Waals surface area contributed by atoms with Crippen LogP contribution in [0.5, 0.6) is 6.01 Å². The molecule has 2 aromatic carbocycles. The van der Waals surface area contributed by atoms with Crippen LogP contribution in [0.25, 0.3) is 32.9 Å². The zero-order valence-corrected chi connectivity index (χ0v) is 24.6. The monoisotopic (exact) mass is 601 g/mol. The van der Waals surface area contributed by atoms with Crippen molar-refractivity contribution in [3.8, 4) is 29.6 Å². The lowest BCUT2D eigenvalue weighted by Crippen LogP contribution is -2.43. The van der Waals surface area contributed by atoms with Crippen molar-refractivity contribution < 1.29 is 23.0 Å². The van der Waals surface area contributed by atoms with Gasteiger partial charge in [0.2, 0.25) is 0 Å². The van der Waals surface area contributed by atoms with Crippen LogP contribution in [0, 0.1) is 24.0 Å². The molecule has 3 saturated heterocycles. The molecule has 10 heteroatoms. The number of pyridine rings is 1. The molecule has 0 bridgehead atoms. The fourth-order valence-electron chi connectivity index (χ4n) is 7.50. The molecule has 0 amide bonds. The molecule has 7 rings (SSSR count). The maximum atomic E-state index is 16.7. The van der Waals surface area contributed by atoms with Crippen molar-refractivity contribution in [3.63, 3.8) is 0 Å². The number of anilines is 1. The van der Waals surface area contributed by atoms with Gasteiger partial charge in [-0.2, -0.15) is 9.97 Å². The Morgan fingerprint density at radius 3 is 2.86 bits per heavy atom. The average Bonchev–Trinajstić information content (AvgIpc) is 3.47. The third kappa shape index (κ3) is 4.83. The smallest absolute Gasteiger partial charge is 0.319 e. The first kappa shape index (κ1) is 28.8. The average molecular weight is 602 g/mol. The summed E-state index contributed by atoms with van der Waals surface area (Å²) < 4.78 is 52.2. The first-order valence-corrected chi connectivity index (χ1v) is 15.3. The summed E-state index contributed by atoms with van der Waals surface area (Å²) in [6.45, 7) is 4.00. The highest BCUT2D eigenvalue weighted by atomic mass is 19.1. The third-order valence-corrected chi connectivity index (χ3v) is 9.62. The van der Waals surface area contributed by atoms with Crippen molar-refractivity contribution in [2.75, 3.05) is 31.1 Å². The summed E-state index contributed by atoms with van der Waals surface area (Å²) in [7, 11) is 0. The van der Waals surface area contributed by atoms with Gasteiger partial charge >= 0.3 is 6.01 Å². The molecule has 0 aliphatic carbocycles. The van der Waals surface area contributed by atoms with Gasteiger partial charge in [-0.05, 0) is 57.0 Å². The number of hydrogen-bond donors (Lipinski definition) is 1. The number of nitrogens with zero attached hydrogens (tertiary/aromatic N) is 5. The molecule has 3 aliphatic heterocycles. The number of ether oxygens (including phenoxy) is 1. The Labute approximate surface area is 254 Å². The van der Waals surface area contributed by atoms with Crippen LogP contribution in [-0.4, -0.2) is 75.1 Å². The van der Waals surface area contributed by atoms with Gasteiger partial charge in [-0.3, -0.25) is 9.88 Å². The number of halogens is 3. The number of hydrogen-bond acceptors (Lipinski definition) is 7. The van der Waals surface area contributed by atoms with Crippen LogP contribution in [0.3, 0.4) is 0 Å². The Kier molecular flexibility index (Phi) is 7.34. The minimum Gasteiger partial charge on any atom is -0.461 e. The Bertz CT molecular complexity index is 1800. The Morgan fingerprint density at radius 2 is 2.02 bits per heavy atom. The van der Waals surface area contributed by atoms with E-state index in [1.165, 1.54) is 12.3 Å². The van der Waals surface area contributed by atoms with E-state index in [1.807, 2.05) is 11.8 Å². The number of fused-ring (bicyclic) bond motifs is 3. The van der Waals surface area contributed by atoms with Gasteiger partial charge in [0.05, 0.1) is 22.6 Å². The van der Waals surface area contributed by atoms with Crippen LogP contribution in [0.15, 0.2) is 36.5 Å². The van der Waals surface area contributed by atoms with Gasteiger partial charge in [0.1, 0.15) is 35.6 Å². The highest BCUT2D eigenvalue weighted by molar-refractivity contribution is 6.02. The summed E-state index contributed by atoms with van der Waals surface area (Å²) in [5.41, 5.74) is -0.0519. The SMILES string of the molecule is C#Cc1c(F)ccc2cccc(-c3ncc4c(N5CCCC(O)CC5C)nc(OC[C@@]56CCCN5CC(F)C6)nc4c3F)c12. The summed E-state index contributed by atoms with van der Waals surface area (Å²) in [6.07, 6.45) is 9.94. The van der Waals surface area contributed by atoms with E-state index in [-0.39, 0.29) is 35.4 Å². The molecule has 7 nitrogen and oxygen atoms in total. The van der Waals surface area contributed by atoms with Crippen LogP contribution in [0.1, 0.15) is 51.0 Å². The number of terminal acetylenes is 1. The van der Waals surface area contributed by atoms with Crippen LogP contribution in [0.4, 0.5) is 19.0 Å². The topological polar surface area (TPSA) is 74.6 Å². The fraction of sp³-hybridized carbons (Fsp3) is 0.441. The Balaban J connectivity index is 1.38. The van der Waals surface area contributed by atoms with Gasteiger partial charge in [-0.15, -0.1) is 6.42 Å². The molecule has 5 heterocycles. The van der Waals surface area contributed by atoms with Crippen molar-refractivity contribution in [1.29, 1.82) is 0 Å². The fourth-order valence-corrected chi connectivity index (χ4v) is 7.50. The maximum absolute atomic E-state index is 16.7. The molecule has 228 valence electrons.